The molecule has 3 unspecified atom stereocenters. The van der Waals surface area contributed by atoms with Crippen molar-refractivity contribution >= 4 is 11.8 Å². The van der Waals surface area contributed by atoms with Crippen molar-refractivity contribution in [3.05, 3.63) is 29.6 Å². The van der Waals surface area contributed by atoms with Gasteiger partial charge in [0.05, 0.1) is 0 Å². The van der Waals surface area contributed by atoms with Gasteiger partial charge in [0.1, 0.15) is 17.2 Å². The van der Waals surface area contributed by atoms with Crippen molar-refractivity contribution in [2.45, 2.75) is 36.7 Å². The normalized spacial score (nSPS) is 34.4. The van der Waals surface area contributed by atoms with Gasteiger partial charge in [0.2, 0.25) is 0 Å². The largest absolute Gasteiger partial charge is 0.486 e. The summed E-state index contributed by atoms with van der Waals surface area (Å²) in [7, 11) is 1.96. The van der Waals surface area contributed by atoms with Crippen LogP contribution in [0.5, 0.6) is 5.75 Å². The second kappa shape index (κ2) is 4.42. The number of benzene rings is 1. The maximum absolute atomic E-state index is 13.4. The van der Waals surface area contributed by atoms with Gasteiger partial charge < -0.3 is 10.1 Å². The van der Waals surface area contributed by atoms with Crippen LogP contribution in [0.4, 0.5) is 4.39 Å². The number of hydrogen-bond acceptors (Lipinski definition) is 3. The second-order valence-corrected chi connectivity index (χ2v) is 6.77. The van der Waals surface area contributed by atoms with Gasteiger partial charge in [-0.05, 0) is 19.5 Å². The van der Waals surface area contributed by atoms with Gasteiger partial charge in [-0.15, -0.1) is 0 Å². The van der Waals surface area contributed by atoms with Crippen LogP contribution in [0.25, 0.3) is 0 Å². The summed E-state index contributed by atoms with van der Waals surface area (Å²) in [6.07, 6.45) is 2.02. The monoisotopic (exact) mass is 267 g/mol. The minimum Gasteiger partial charge on any atom is -0.486 e. The van der Waals surface area contributed by atoms with E-state index in [1.807, 2.05) is 24.9 Å². The predicted octanol–water partition coefficient (Wildman–Crippen LogP) is 3.13. The van der Waals surface area contributed by atoms with Crippen LogP contribution in [0.3, 0.4) is 0 Å². The molecule has 0 bridgehead atoms. The van der Waals surface area contributed by atoms with Crippen LogP contribution >= 0.6 is 11.8 Å². The zero-order valence-electron chi connectivity index (χ0n) is 10.7. The SMILES string of the molecule is CNC1CC2(CSC(C)C2)Oc2cc(F)ccc21. The number of halogens is 1. The Bertz CT molecular complexity index is 467. The standard InChI is InChI=1S/C14H18FNOS/c1-9-6-14(8-18-9)7-12(16-2)11-4-3-10(15)5-13(11)17-14/h3-5,9,12,16H,6-8H2,1-2H3. The topological polar surface area (TPSA) is 21.3 Å². The molecule has 1 N–H and O–H groups in total. The smallest absolute Gasteiger partial charge is 0.127 e. The Morgan fingerprint density at radius 2 is 2.28 bits per heavy atom. The summed E-state index contributed by atoms with van der Waals surface area (Å²) in [5.41, 5.74) is 0.965. The van der Waals surface area contributed by atoms with E-state index in [9.17, 15) is 4.39 Å². The predicted molar refractivity (Wildman–Crippen MR) is 72.7 cm³/mol. The van der Waals surface area contributed by atoms with Crippen LogP contribution in [-0.4, -0.2) is 23.7 Å². The molecule has 0 saturated carbocycles. The molecule has 0 amide bonds. The van der Waals surface area contributed by atoms with Gasteiger partial charge >= 0.3 is 0 Å². The molecule has 2 aliphatic heterocycles. The highest BCUT2D eigenvalue weighted by Crippen LogP contribution is 2.48. The Labute approximate surface area is 111 Å². The fourth-order valence-electron chi connectivity index (χ4n) is 3.05. The Hall–Kier alpha value is -0.740. The summed E-state index contributed by atoms with van der Waals surface area (Å²) in [5.74, 6) is 1.50. The first-order valence-corrected chi connectivity index (χ1v) is 7.44. The van der Waals surface area contributed by atoms with E-state index in [4.69, 9.17) is 4.74 Å². The van der Waals surface area contributed by atoms with E-state index < -0.39 is 0 Å². The molecule has 1 aromatic rings. The maximum atomic E-state index is 13.4. The Morgan fingerprint density at radius 1 is 1.44 bits per heavy atom. The second-order valence-electron chi connectivity index (χ2n) is 5.34. The molecule has 0 aliphatic carbocycles. The van der Waals surface area contributed by atoms with E-state index >= 15 is 0 Å². The lowest BCUT2D eigenvalue weighted by atomic mass is 9.85. The van der Waals surface area contributed by atoms with E-state index in [-0.39, 0.29) is 17.5 Å². The van der Waals surface area contributed by atoms with E-state index in [0.717, 1.165) is 29.9 Å². The molecule has 1 aromatic carbocycles. The minimum absolute atomic E-state index is 0.113. The third-order valence-corrected chi connectivity index (χ3v) is 5.32. The molecule has 0 aromatic heterocycles. The fraction of sp³-hybridized carbons (Fsp3) is 0.571. The summed E-state index contributed by atoms with van der Waals surface area (Å²) in [6.45, 7) is 2.23. The third kappa shape index (κ3) is 2.01. The molecule has 3 atom stereocenters. The van der Waals surface area contributed by atoms with Gasteiger partial charge in [-0.2, -0.15) is 11.8 Å². The van der Waals surface area contributed by atoms with E-state index in [1.165, 1.54) is 12.1 Å². The maximum Gasteiger partial charge on any atom is 0.127 e. The van der Waals surface area contributed by atoms with Crippen LogP contribution in [-0.2, 0) is 0 Å². The average Bonchev–Trinajstić information content (AvgIpc) is 2.68. The molecule has 2 nitrogen and oxygen atoms in total. The van der Waals surface area contributed by atoms with Gasteiger partial charge in [0, 0.05) is 35.1 Å². The number of hydrogen-bond donors (Lipinski definition) is 1. The molecular formula is C14H18FNOS. The molecule has 4 heteroatoms. The van der Waals surface area contributed by atoms with Crippen molar-refractivity contribution in [1.82, 2.24) is 5.32 Å². The fourth-order valence-corrected chi connectivity index (χ4v) is 4.35. The molecular weight excluding hydrogens is 249 g/mol. The molecule has 1 saturated heterocycles. The zero-order valence-corrected chi connectivity index (χ0v) is 11.5. The highest BCUT2D eigenvalue weighted by Gasteiger charge is 2.45. The highest BCUT2D eigenvalue weighted by atomic mass is 32.2. The van der Waals surface area contributed by atoms with Crippen LogP contribution in [0, 0.1) is 5.82 Å². The number of fused-ring (bicyclic) bond motifs is 1. The third-order valence-electron chi connectivity index (χ3n) is 3.89. The number of nitrogens with one attached hydrogen (secondary N) is 1. The van der Waals surface area contributed by atoms with Crippen molar-refractivity contribution in [3.63, 3.8) is 0 Å². The Balaban J connectivity index is 1.98. The first-order chi connectivity index (χ1) is 8.62. The number of thioether (sulfide) groups is 1. The van der Waals surface area contributed by atoms with Gasteiger partial charge in [0.25, 0.3) is 0 Å². The van der Waals surface area contributed by atoms with E-state index in [1.54, 1.807) is 0 Å². The quantitative estimate of drug-likeness (QED) is 0.844. The van der Waals surface area contributed by atoms with Crippen molar-refractivity contribution in [3.8, 4) is 5.75 Å². The first-order valence-electron chi connectivity index (χ1n) is 6.39. The van der Waals surface area contributed by atoms with Crippen molar-refractivity contribution in [1.29, 1.82) is 0 Å². The summed E-state index contributed by atoms with van der Waals surface area (Å²) >= 11 is 1.95. The van der Waals surface area contributed by atoms with Crippen molar-refractivity contribution < 1.29 is 9.13 Å². The van der Waals surface area contributed by atoms with Crippen molar-refractivity contribution in [2.75, 3.05) is 12.8 Å². The van der Waals surface area contributed by atoms with E-state index in [2.05, 4.69) is 12.2 Å². The lowest BCUT2D eigenvalue weighted by Crippen LogP contribution is -2.44. The number of rotatable bonds is 1. The van der Waals surface area contributed by atoms with Gasteiger partial charge in [0.15, 0.2) is 0 Å². The molecule has 1 spiro atoms. The molecule has 0 radical (unpaired) electrons. The summed E-state index contributed by atoms with van der Waals surface area (Å²) in [4.78, 5) is 0. The Morgan fingerprint density at radius 3 is 2.94 bits per heavy atom. The molecule has 2 heterocycles. The van der Waals surface area contributed by atoms with Gasteiger partial charge in [-0.25, -0.2) is 4.39 Å². The first kappa shape index (κ1) is 12.3. The van der Waals surface area contributed by atoms with Crippen LogP contribution in [0.1, 0.15) is 31.4 Å². The molecule has 3 rings (SSSR count). The molecule has 18 heavy (non-hydrogen) atoms. The lowest BCUT2D eigenvalue weighted by molar-refractivity contribution is 0.0522. The molecule has 1 fully saturated rings. The lowest BCUT2D eigenvalue weighted by Gasteiger charge is -2.39. The van der Waals surface area contributed by atoms with Gasteiger partial charge in [-0.1, -0.05) is 13.0 Å². The van der Waals surface area contributed by atoms with E-state index in [0.29, 0.717) is 5.25 Å². The van der Waals surface area contributed by atoms with Crippen LogP contribution in [0.15, 0.2) is 18.2 Å². The summed E-state index contributed by atoms with van der Waals surface area (Å²) < 4.78 is 19.5. The number of ether oxygens (including phenoxy) is 1. The zero-order chi connectivity index (χ0) is 12.8. The van der Waals surface area contributed by atoms with Gasteiger partial charge in [-0.3, -0.25) is 0 Å². The Kier molecular flexibility index (Phi) is 3.02. The highest BCUT2D eigenvalue weighted by molar-refractivity contribution is 8.00. The van der Waals surface area contributed by atoms with Crippen LogP contribution in [0.2, 0.25) is 0 Å². The summed E-state index contributed by atoms with van der Waals surface area (Å²) in [5, 5.41) is 3.96. The molecule has 2 aliphatic rings. The van der Waals surface area contributed by atoms with Crippen molar-refractivity contribution in [2.24, 2.45) is 0 Å². The van der Waals surface area contributed by atoms with Crippen LogP contribution < -0.4 is 10.1 Å². The average molecular weight is 267 g/mol. The minimum atomic E-state index is -0.223. The summed E-state index contributed by atoms with van der Waals surface area (Å²) in [6, 6.07) is 5.13. The molecule has 98 valence electrons.